The average molecular weight is 323 g/mol. The summed E-state index contributed by atoms with van der Waals surface area (Å²) in [6, 6.07) is 8.33. The molecule has 0 unspecified atom stereocenters. The summed E-state index contributed by atoms with van der Waals surface area (Å²) < 4.78 is 5.83. The zero-order valence-corrected chi connectivity index (χ0v) is 14.7. The van der Waals surface area contributed by atoms with Gasteiger partial charge in [0.15, 0.2) is 4.34 Å². The van der Waals surface area contributed by atoms with Gasteiger partial charge in [0.1, 0.15) is 0 Å². The maximum absolute atomic E-state index is 4.61. The predicted octanol–water partition coefficient (Wildman–Crippen LogP) is 5.89. The van der Waals surface area contributed by atoms with Gasteiger partial charge >= 0.3 is 0 Å². The van der Waals surface area contributed by atoms with Crippen LogP contribution in [0.1, 0.15) is 52.4 Å². The van der Waals surface area contributed by atoms with Crippen LogP contribution in [0.3, 0.4) is 0 Å². The summed E-state index contributed by atoms with van der Waals surface area (Å²) in [6.45, 7) is 5.69. The Morgan fingerprint density at radius 3 is 2.67 bits per heavy atom. The summed E-state index contributed by atoms with van der Waals surface area (Å²) in [5, 5.41) is 0. The van der Waals surface area contributed by atoms with Gasteiger partial charge in [-0.2, -0.15) is 0 Å². The first-order chi connectivity index (χ1) is 10.3. The molecule has 1 aromatic heterocycles. The van der Waals surface area contributed by atoms with Crippen LogP contribution in [0, 0.1) is 5.92 Å². The van der Waals surface area contributed by atoms with Crippen molar-refractivity contribution < 1.29 is 0 Å². The van der Waals surface area contributed by atoms with E-state index in [1.54, 1.807) is 23.3 Å². The SMILES string of the molecule is CC(C)CCCCCCCNSc1nc2ccccc2s1. The van der Waals surface area contributed by atoms with Crippen molar-refractivity contribution >= 4 is 33.5 Å². The highest BCUT2D eigenvalue weighted by Crippen LogP contribution is 2.27. The number of hydrogen-bond acceptors (Lipinski definition) is 4. The summed E-state index contributed by atoms with van der Waals surface area (Å²) in [7, 11) is 0. The van der Waals surface area contributed by atoms with Crippen LogP contribution in [0.4, 0.5) is 0 Å². The van der Waals surface area contributed by atoms with Gasteiger partial charge < -0.3 is 0 Å². The lowest BCUT2D eigenvalue weighted by Crippen LogP contribution is -2.04. The predicted molar refractivity (Wildman–Crippen MR) is 96.0 cm³/mol. The van der Waals surface area contributed by atoms with E-state index in [-0.39, 0.29) is 0 Å². The molecule has 21 heavy (non-hydrogen) atoms. The van der Waals surface area contributed by atoms with Crippen molar-refractivity contribution in [2.45, 2.75) is 56.7 Å². The topological polar surface area (TPSA) is 24.9 Å². The van der Waals surface area contributed by atoms with Crippen molar-refractivity contribution in [3.8, 4) is 0 Å². The Balaban J connectivity index is 1.52. The van der Waals surface area contributed by atoms with E-state index in [1.165, 1.54) is 43.2 Å². The number of aromatic nitrogens is 1. The van der Waals surface area contributed by atoms with Gasteiger partial charge in [0.05, 0.1) is 10.2 Å². The molecule has 0 amide bonds. The molecule has 0 aliphatic heterocycles. The Morgan fingerprint density at radius 2 is 1.86 bits per heavy atom. The van der Waals surface area contributed by atoms with E-state index in [9.17, 15) is 0 Å². The minimum absolute atomic E-state index is 0.858. The van der Waals surface area contributed by atoms with Gasteiger partial charge in [-0.25, -0.2) is 4.98 Å². The fourth-order valence-corrected chi connectivity index (χ4v) is 4.11. The zero-order chi connectivity index (χ0) is 14.9. The average Bonchev–Trinajstić information content (AvgIpc) is 2.88. The third-order valence-electron chi connectivity index (χ3n) is 3.49. The van der Waals surface area contributed by atoms with Crippen molar-refractivity contribution in [2.24, 2.45) is 5.92 Å². The molecule has 4 heteroatoms. The van der Waals surface area contributed by atoms with E-state index in [0.29, 0.717) is 0 Å². The van der Waals surface area contributed by atoms with Crippen molar-refractivity contribution in [3.63, 3.8) is 0 Å². The molecule has 1 heterocycles. The van der Waals surface area contributed by atoms with Crippen molar-refractivity contribution in [1.29, 1.82) is 0 Å². The van der Waals surface area contributed by atoms with Crippen molar-refractivity contribution in [2.75, 3.05) is 6.54 Å². The number of benzene rings is 1. The normalized spacial score (nSPS) is 11.6. The fraction of sp³-hybridized carbons (Fsp3) is 0.588. The minimum Gasteiger partial charge on any atom is -0.258 e. The monoisotopic (exact) mass is 322 g/mol. The summed E-state index contributed by atoms with van der Waals surface area (Å²) in [4.78, 5) is 4.61. The van der Waals surface area contributed by atoms with Crippen molar-refractivity contribution in [1.82, 2.24) is 9.71 Å². The van der Waals surface area contributed by atoms with Crippen LogP contribution in [0.15, 0.2) is 28.6 Å². The van der Waals surface area contributed by atoms with Crippen LogP contribution < -0.4 is 4.72 Å². The highest BCUT2D eigenvalue weighted by molar-refractivity contribution is 7.99. The Bertz CT molecular complexity index is 489. The molecule has 2 aromatic rings. The second kappa shape index (κ2) is 9.44. The number of hydrogen-bond donors (Lipinski definition) is 1. The van der Waals surface area contributed by atoms with Crippen molar-refractivity contribution in [3.05, 3.63) is 24.3 Å². The highest BCUT2D eigenvalue weighted by atomic mass is 32.2. The molecule has 0 bridgehead atoms. The second-order valence-corrected chi connectivity index (χ2v) is 8.06. The van der Waals surface area contributed by atoms with Gasteiger partial charge in [-0.05, 0) is 36.4 Å². The Labute approximate surface area is 136 Å². The smallest absolute Gasteiger partial charge is 0.166 e. The van der Waals surface area contributed by atoms with Crippen LogP contribution in [-0.2, 0) is 0 Å². The molecular weight excluding hydrogens is 296 g/mol. The van der Waals surface area contributed by atoms with E-state index in [4.69, 9.17) is 0 Å². The Kier molecular flexibility index (Phi) is 7.54. The molecule has 0 saturated carbocycles. The molecule has 1 N–H and O–H groups in total. The van der Waals surface area contributed by atoms with Gasteiger partial charge in [0.2, 0.25) is 0 Å². The largest absolute Gasteiger partial charge is 0.258 e. The van der Waals surface area contributed by atoms with Gasteiger partial charge in [0.25, 0.3) is 0 Å². The van der Waals surface area contributed by atoms with Gasteiger partial charge in [-0.1, -0.05) is 58.1 Å². The standard InChI is InChI=1S/C17H26N2S2/c1-14(2)10-6-4-3-5-9-13-18-21-17-19-15-11-7-8-12-16(15)20-17/h7-8,11-12,14,18H,3-6,9-10,13H2,1-2H3. The maximum Gasteiger partial charge on any atom is 0.166 e. The van der Waals surface area contributed by atoms with E-state index in [0.717, 1.165) is 22.3 Å². The number of fused-ring (bicyclic) bond motifs is 1. The van der Waals surface area contributed by atoms with Gasteiger partial charge in [0, 0.05) is 6.54 Å². The fourth-order valence-electron chi connectivity index (χ4n) is 2.29. The number of thiazole rings is 1. The maximum atomic E-state index is 4.61. The first-order valence-corrected chi connectivity index (χ1v) is 9.64. The van der Waals surface area contributed by atoms with Gasteiger partial charge in [-0.15, -0.1) is 11.3 Å². The molecule has 2 nitrogen and oxygen atoms in total. The Morgan fingerprint density at radius 1 is 1.10 bits per heavy atom. The number of unbranched alkanes of at least 4 members (excludes halogenated alkanes) is 4. The van der Waals surface area contributed by atoms with Crippen LogP contribution in [0.2, 0.25) is 0 Å². The van der Waals surface area contributed by atoms with Gasteiger partial charge in [-0.3, -0.25) is 4.72 Å². The van der Waals surface area contributed by atoms with Crippen LogP contribution >= 0.6 is 23.3 Å². The third-order valence-corrected chi connectivity index (χ3v) is 5.44. The molecule has 1 aromatic carbocycles. The molecule has 2 rings (SSSR count). The number of nitrogens with zero attached hydrogens (tertiary/aromatic N) is 1. The van der Waals surface area contributed by atoms with Crippen LogP contribution in [-0.4, -0.2) is 11.5 Å². The molecule has 0 fully saturated rings. The lowest BCUT2D eigenvalue weighted by molar-refractivity contribution is 0.515. The van der Waals surface area contributed by atoms with Crippen LogP contribution in [0.5, 0.6) is 0 Å². The molecule has 0 spiro atoms. The van der Waals surface area contributed by atoms with E-state index in [1.807, 2.05) is 6.07 Å². The minimum atomic E-state index is 0.858. The number of nitrogens with one attached hydrogen (secondary N) is 1. The summed E-state index contributed by atoms with van der Waals surface area (Å²) in [6.07, 6.45) is 8.14. The Hall–Kier alpha value is -0.580. The van der Waals surface area contributed by atoms with E-state index in [2.05, 4.69) is 41.8 Å². The molecule has 0 aliphatic carbocycles. The first kappa shape index (κ1) is 16.8. The molecule has 0 atom stereocenters. The summed E-state index contributed by atoms with van der Waals surface area (Å²) in [5.74, 6) is 0.858. The zero-order valence-electron chi connectivity index (χ0n) is 13.1. The quantitative estimate of drug-likeness (QED) is 0.436. The highest BCUT2D eigenvalue weighted by Gasteiger charge is 2.03. The number of para-hydroxylation sites is 1. The lowest BCUT2D eigenvalue weighted by atomic mass is 10.0. The van der Waals surface area contributed by atoms with E-state index < -0.39 is 0 Å². The molecular formula is C17H26N2S2. The lowest BCUT2D eigenvalue weighted by Gasteiger charge is -2.04. The summed E-state index contributed by atoms with van der Waals surface area (Å²) in [5.41, 5.74) is 1.11. The summed E-state index contributed by atoms with van der Waals surface area (Å²) >= 11 is 3.44. The van der Waals surface area contributed by atoms with E-state index >= 15 is 0 Å². The molecule has 116 valence electrons. The third kappa shape index (κ3) is 6.37. The second-order valence-electron chi connectivity index (χ2n) is 5.89. The molecule has 0 saturated heterocycles. The molecule has 0 radical (unpaired) electrons. The number of rotatable bonds is 10. The first-order valence-electron chi connectivity index (χ1n) is 8.01. The molecule has 0 aliphatic rings. The van der Waals surface area contributed by atoms with Crippen LogP contribution in [0.25, 0.3) is 10.2 Å².